The minimum atomic E-state index is -4.72. The highest BCUT2D eigenvalue weighted by molar-refractivity contribution is 5.62. The van der Waals surface area contributed by atoms with Gasteiger partial charge in [-0.25, -0.2) is 4.39 Å². The molecule has 0 aromatic heterocycles. The first kappa shape index (κ1) is 22.0. The maximum atomic E-state index is 13.9. The maximum absolute atomic E-state index is 13.9. The van der Waals surface area contributed by atoms with E-state index in [1.54, 1.807) is 6.07 Å². The number of hydrogen-bond acceptors (Lipinski definition) is 4. The molecule has 2 rings (SSSR count). The monoisotopic (exact) mass is 380 g/mol. The summed E-state index contributed by atoms with van der Waals surface area (Å²) in [6.07, 6.45) is -5.36. The van der Waals surface area contributed by atoms with Crippen molar-refractivity contribution in [2.75, 3.05) is 25.2 Å². The molecule has 1 fully saturated rings. The lowest BCUT2D eigenvalue weighted by Gasteiger charge is -2.31. The Kier molecular flexibility index (Phi) is 7.21. The third-order valence-corrected chi connectivity index (χ3v) is 3.95. The van der Waals surface area contributed by atoms with E-state index in [4.69, 9.17) is 9.47 Å². The second-order valence-corrected chi connectivity index (χ2v) is 5.32. The molecule has 1 aliphatic heterocycles. The summed E-state index contributed by atoms with van der Waals surface area (Å²) in [5.41, 5.74) is -2.69. The number of nitriles is 1. The van der Waals surface area contributed by atoms with Crippen LogP contribution in [0.2, 0.25) is 0 Å². The molecule has 2 unspecified atom stereocenters. The van der Waals surface area contributed by atoms with Crippen molar-refractivity contribution in [3.63, 3.8) is 0 Å². The molecule has 26 heavy (non-hydrogen) atoms. The molecule has 0 amide bonds. The molecule has 0 N–H and O–H groups in total. The Morgan fingerprint density at radius 2 is 1.92 bits per heavy atom. The molecule has 1 aliphatic rings. The van der Waals surface area contributed by atoms with Gasteiger partial charge in [-0.15, -0.1) is 0 Å². The molecule has 4 nitrogen and oxygen atoms in total. The van der Waals surface area contributed by atoms with Crippen molar-refractivity contribution in [1.82, 2.24) is 0 Å². The van der Waals surface area contributed by atoms with Gasteiger partial charge in [0.2, 0.25) is 5.82 Å². The van der Waals surface area contributed by atoms with E-state index in [9.17, 15) is 27.2 Å². The highest BCUT2D eigenvalue weighted by Crippen LogP contribution is 2.46. The Labute approximate surface area is 149 Å². The number of benzene rings is 1. The van der Waals surface area contributed by atoms with Crippen LogP contribution in [0.1, 0.15) is 27.2 Å². The molecule has 0 bridgehead atoms. The zero-order chi connectivity index (χ0) is 20.1. The fourth-order valence-electron chi connectivity index (χ4n) is 2.85. The van der Waals surface area contributed by atoms with Crippen molar-refractivity contribution in [1.29, 1.82) is 5.26 Å². The van der Waals surface area contributed by atoms with E-state index in [1.807, 2.05) is 13.8 Å². The van der Waals surface area contributed by atoms with Crippen molar-refractivity contribution in [2.24, 2.45) is 0 Å². The smallest absolute Gasteiger partial charge is 0.419 e. The van der Waals surface area contributed by atoms with Crippen LogP contribution in [0.3, 0.4) is 0 Å². The lowest BCUT2D eigenvalue weighted by atomic mass is 10.00. The first-order chi connectivity index (χ1) is 12.2. The van der Waals surface area contributed by atoms with Gasteiger partial charge in [0.1, 0.15) is 6.04 Å². The Balaban J connectivity index is 0.00000163. The number of hydrogen-bond donors (Lipinski definition) is 0. The Morgan fingerprint density at radius 3 is 2.38 bits per heavy atom. The maximum Gasteiger partial charge on any atom is 0.419 e. The Bertz CT molecular complexity index is 660. The van der Waals surface area contributed by atoms with Crippen molar-refractivity contribution in [3.05, 3.63) is 23.8 Å². The summed E-state index contributed by atoms with van der Waals surface area (Å²) in [7, 11) is 1.07. The predicted molar refractivity (Wildman–Crippen MR) is 86.0 cm³/mol. The number of anilines is 1. The van der Waals surface area contributed by atoms with Gasteiger partial charge < -0.3 is 14.4 Å². The van der Waals surface area contributed by atoms with Crippen LogP contribution in [0.4, 0.5) is 27.6 Å². The molecule has 1 heterocycles. The number of methoxy groups -OCH3 is 1. The number of rotatable bonds is 4. The molecule has 0 aliphatic carbocycles. The minimum Gasteiger partial charge on any atom is -0.491 e. The molecule has 1 saturated heterocycles. The molecule has 0 spiro atoms. The van der Waals surface area contributed by atoms with E-state index in [0.29, 0.717) is 0 Å². The summed E-state index contributed by atoms with van der Waals surface area (Å²) in [6, 6.07) is 2.39. The van der Waals surface area contributed by atoms with Gasteiger partial charge in [-0.05, 0) is 19.1 Å². The van der Waals surface area contributed by atoms with E-state index >= 15 is 0 Å². The lowest BCUT2D eigenvalue weighted by Crippen LogP contribution is -2.50. The number of nitrogens with zero attached hydrogens (tertiary/aromatic N) is 2. The topological polar surface area (TPSA) is 45.5 Å². The van der Waals surface area contributed by atoms with Gasteiger partial charge in [0.05, 0.1) is 25.4 Å². The van der Waals surface area contributed by atoms with Crippen molar-refractivity contribution < 1.29 is 31.4 Å². The van der Waals surface area contributed by atoms with Crippen LogP contribution in [0.5, 0.6) is 5.75 Å². The molecule has 0 saturated carbocycles. The van der Waals surface area contributed by atoms with E-state index in [1.165, 1.54) is 6.92 Å². The summed E-state index contributed by atoms with van der Waals surface area (Å²) in [4.78, 5) is 1.03. The summed E-state index contributed by atoms with van der Waals surface area (Å²) in [5, 5.41) is 9.23. The van der Waals surface area contributed by atoms with Gasteiger partial charge in [-0.1, -0.05) is 13.8 Å². The molecule has 2 atom stereocenters. The quantitative estimate of drug-likeness (QED) is 0.725. The molecule has 1 aromatic rings. The van der Waals surface area contributed by atoms with E-state index < -0.39 is 48.2 Å². The van der Waals surface area contributed by atoms with Crippen molar-refractivity contribution >= 4 is 5.69 Å². The number of ether oxygens (including phenoxy) is 2. The van der Waals surface area contributed by atoms with Crippen LogP contribution >= 0.6 is 0 Å². The molecular formula is C17H21F5N2O2. The van der Waals surface area contributed by atoms with Gasteiger partial charge in [0, 0.05) is 13.0 Å². The highest BCUT2D eigenvalue weighted by Gasteiger charge is 2.62. The van der Waals surface area contributed by atoms with E-state index in [-0.39, 0.29) is 12.3 Å². The van der Waals surface area contributed by atoms with Crippen LogP contribution in [0.15, 0.2) is 12.1 Å². The zero-order valence-corrected chi connectivity index (χ0v) is 15.0. The third kappa shape index (κ3) is 3.85. The van der Waals surface area contributed by atoms with Gasteiger partial charge in [-0.3, -0.25) is 0 Å². The fourth-order valence-corrected chi connectivity index (χ4v) is 2.85. The SMILES string of the molecule is CC.CCOC1(C(F)(F)F)CC(C#N)N(c2ccc(F)c(F)c2OC)C1. The lowest BCUT2D eigenvalue weighted by molar-refractivity contribution is -0.268. The average Bonchev–Trinajstić information content (AvgIpc) is 2.99. The van der Waals surface area contributed by atoms with Crippen LogP contribution in [-0.4, -0.2) is 38.1 Å². The first-order valence-corrected chi connectivity index (χ1v) is 8.09. The summed E-state index contributed by atoms with van der Waals surface area (Å²) in [5.74, 6) is -3.08. The van der Waals surface area contributed by atoms with Crippen molar-refractivity contribution in [2.45, 2.75) is 45.0 Å². The second-order valence-electron chi connectivity index (χ2n) is 5.32. The van der Waals surface area contributed by atoms with Gasteiger partial charge >= 0.3 is 6.18 Å². The summed E-state index contributed by atoms with van der Waals surface area (Å²) >= 11 is 0. The zero-order valence-electron chi connectivity index (χ0n) is 15.0. The number of alkyl halides is 3. The Hall–Kier alpha value is -2.08. The molecule has 146 valence electrons. The van der Waals surface area contributed by atoms with Gasteiger partial charge in [-0.2, -0.15) is 22.8 Å². The third-order valence-electron chi connectivity index (χ3n) is 3.95. The van der Waals surface area contributed by atoms with Crippen LogP contribution in [-0.2, 0) is 4.74 Å². The predicted octanol–water partition coefficient (Wildman–Crippen LogP) is 4.44. The normalized spacial score (nSPS) is 22.5. The molecular weight excluding hydrogens is 359 g/mol. The molecule has 9 heteroatoms. The second kappa shape index (κ2) is 8.54. The standard InChI is InChI=1S/C15H15F5N2O2.C2H6/c1-3-24-14(15(18,19)20)6-9(7-21)22(8-14)11-5-4-10(16)12(17)13(11)23-2;1-2/h4-5,9H,3,6,8H2,1-2H3;1-2H3. The van der Waals surface area contributed by atoms with Gasteiger partial charge in [0.15, 0.2) is 17.2 Å². The highest BCUT2D eigenvalue weighted by atomic mass is 19.4. The Morgan fingerprint density at radius 1 is 1.31 bits per heavy atom. The molecule has 1 aromatic carbocycles. The van der Waals surface area contributed by atoms with Crippen molar-refractivity contribution in [3.8, 4) is 11.8 Å². The van der Waals surface area contributed by atoms with Crippen LogP contribution < -0.4 is 9.64 Å². The summed E-state index contributed by atoms with van der Waals surface area (Å²) in [6.45, 7) is 4.49. The fraction of sp³-hybridized carbons (Fsp3) is 0.588. The first-order valence-electron chi connectivity index (χ1n) is 8.09. The van der Waals surface area contributed by atoms with Crippen LogP contribution in [0, 0.1) is 23.0 Å². The summed E-state index contributed by atoms with van der Waals surface area (Å²) < 4.78 is 77.4. The number of halogens is 5. The minimum absolute atomic E-state index is 0.131. The van der Waals surface area contributed by atoms with Crippen LogP contribution in [0.25, 0.3) is 0 Å². The largest absolute Gasteiger partial charge is 0.491 e. The average molecular weight is 380 g/mol. The molecule has 0 radical (unpaired) electrons. The van der Waals surface area contributed by atoms with Gasteiger partial charge in [0.25, 0.3) is 0 Å². The van der Waals surface area contributed by atoms with E-state index in [0.717, 1.165) is 24.1 Å². The van der Waals surface area contributed by atoms with E-state index in [2.05, 4.69) is 0 Å².